The molecule has 1 aliphatic heterocycles. The number of ether oxygens (including phenoxy) is 2. The van der Waals surface area contributed by atoms with Crippen LogP contribution < -0.4 is 14.4 Å². The lowest BCUT2D eigenvalue weighted by Gasteiger charge is -2.25. The minimum Gasteiger partial charge on any atom is -0.507 e. The molecule has 0 spiro atoms. The van der Waals surface area contributed by atoms with Gasteiger partial charge in [0.15, 0.2) is 0 Å². The molecule has 0 saturated carbocycles. The van der Waals surface area contributed by atoms with Gasteiger partial charge in [0.25, 0.3) is 11.7 Å². The van der Waals surface area contributed by atoms with Gasteiger partial charge in [-0.25, -0.2) is 0 Å². The highest BCUT2D eigenvalue weighted by Gasteiger charge is 2.47. The molecule has 1 aromatic heterocycles. The number of ketones is 1. The van der Waals surface area contributed by atoms with E-state index in [2.05, 4.69) is 4.98 Å². The second-order valence-corrected chi connectivity index (χ2v) is 8.72. The Balaban J connectivity index is 1.95. The molecule has 0 radical (unpaired) electrons. The molecule has 1 amide bonds. The molecule has 1 aliphatic rings. The Labute approximate surface area is 204 Å². The fraction of sp³-hybridized carbons (Fsp3) is 0.250. The summed E-state index contributed by atoms with van der Waals surface area (Å²) in [5, 5.41) is 11.5. The first-order valence-corrected chi connectivity index (χ1v) is 11.3. The summed E-state index contributed by atoms with van der Waals surface area (Å²) < 4.78 is 10.8. The molecule has 3 aromatic rings. The van der Waals surface area contributed by atoms with Crippen LogP contribution in [0.1, 0.15) is 48.1 Å². The highest BCUT2D eigenvalue weighted by atomic mass is 16.5. The molecule has 7 nitrogen and oxygen atoms in total. The van der Waals surface area contributed by atoms with Gasteiger partial charge in [-0.2, -0.15) is 0 Å². The van der Waals surface area contributed by atoms with Crippen molar-refractivity contribution in [1.29, 1.82) is 0 Å². The molecule has 2 aromatic carbocycles. The topological polar surface area (TPSA) is 89.0 Å². The third-order valence-electron chi connectivity index (χ3n) is 6.25. The van der Waals surface area contributed by atoms with Crippen LogP contribution in [0.15, 0.2) is 66.5 Å². The zero-order valence-corrected chi connectivity index (χ0v) is 20.4. The standard InChI is InChI=1S/C28H28N2O5/c1-16(2)21-14-22(17(3)13-23(21)35-5)26(31)24-25(18-7-6-12-29-15-18)30(28(33)27(24)32)19-8-10-20(34-4)11-9-19/h6-16,25,31H,1-5H3/b26-24+. The SMILES string of the molecule is COc1ccc(N2C(=O)C(=O)/C(=C(/O)c3cc(C(C)C)c(OC)cc3C)C2c2cccnc2)cc1. The molecular formula is C28H28N2O5. The number of aliphatic hydroxyl groups is 1. The summed E-state index contributed by atoms with van der Waals surface area (Å²) in [5.74, 6) is -0.257. The maximum atomic E-state index is 13.4. The van der Waals surface area contributed by atoms with Gasteiger partial charge in [0.05, 0.1) is 25.8 Å². The summed E-state index contributed by atoms with van der Waals surface area (Å²) in [4.78, 5) is 32.3. The number of amides is 1. The van der Waals surface area contributed by atoms with Gasteiger partial charge in [0, 0.05) is 23.6 Å². The van der Waals surface area contributed by atoms with Crippen LogP contribution in [0.4, 0.5) is 5.69 Å². The molecule has 1 atom stereocenters. The molecule has 1 fully saturated rings. The van der Waals surface area contributed by atoms with Crippen molar-refractivity contribution >= 4 is 23.1 Å². The molecule has 1 saturated heterocycles. The van der Waals surface area contributed by atoms with Crippen molar-refractivity contribution in [1.82, 2.24) is 4.98 Å². The summed E-state index contributed by atoms with van der Waals surface area (Å²) in [6.07, 6.45) is 3.21. The first-order valence-electron chi connectivity index (χ1n) is 11.3. The molecule has 4 rings (SSSR count). The van der Waals surface area contributed by atoms with E-state index in [4.69, 9.17) is 9.47 Å². The van der Waals surface area contributed by atoms with Crippen molar-refractivity contribution in [2.24, 2.45) is 0 Å². The molecule has 1 unspecified atom stereocenters. The number of hydrogen-bond acceptors (Lipinski definition) is 6. The van der Waals surface area contributed by atoms with Crippen molar-refractivity contribution in [2.45, 2.75) is 32.7 Å². The zero-order chi connectivity index (χ0) is 25.3. The number of methoxy groups -OCH3 is 2. The van der Waals surface area contributed by atoms with Crippen LogP contribution >= 0.6 is 0 Å². The van der Waals surface area contributed by atoms with Crippen molar-refractivity contribution in [3.8, 4) is 11.5 Å². The maximum Gasteiger partial charge on any atom is 0.300 e. The average molecular weight is 473 g/mol. The van der Waals surface area contributed by atoms with Crippen molar-refractivity contribution < 1.29 is 24.2 Å². The number of nitrogens with zero attached hydrogens (tertiary/aromatic N) is 2. The smallest absolute Gasteiger partial charge is 0.300 e. The number of carbonyl (C=O) groups excluding carboxylic acids is 2. The Morgan fingerprint density at radius 1 is 1.06 bits per heavy atom. The predicted molar refractivity (Wildman–Crippen MR) is 134 cm³/mol. The zero-order valence-electron chi connectivity index (χ0n) is 20.4. The minimum atomic E-state index is -0.846. The van der Waals surface area contributed by atoms with Crippen LogP contribution in [-0.2, 0) is 9.59 Å². The number of rotatable bonds is 6. The van der Waals surface area contributed by atoms with Gasteiger partial charge in [-0.3, -0.25) is 19.5 Å². The van der Waals surface area contributed by atoms with Gasteiger partial charge in [-0.15, -0.1) is 0 Å². The van der Waals surface area contributed by atoms with E-state index < -0.39 is 17.7 Å². The Morgan fingerprint density at radius 2 is 1.77 bits per heavy atom. The quantitative estimate of drug-likeness (QED) is 0.303. The van der Waals surface area contributed by atoms with Crippen LogP contribution in [0.25, 0.3) is 5.76 Å². The maximum absolute atomic E-state index is 13.4. The number of pyridine rings is 1. The number of aliphatic hydroxyl groups excluding tert-OH is 1. The fourth-order valence-electron chi connectivity index (χ4n) is 4.42. The highest BCUT2D eigenvalue weighted by molar-refractivity contribution is 6.51. The molecule has 2 heterocycles. The summed E-state index contributed by atoms with van der Waals surface area (Å²) in [6.45, 7) is 5.88. The third kappa shape index (κ3) is 4.25. The van der Waals surface area contributed by atoms with E-state index in [1.807, 2.05) is 32.9 Å². The average Bonchev–Trinajstić information content (AvgIpc) is 3.14. The molecule has 35 heavy (non-hydrogen) atoms. The Bertz CT molecular complexity index is 1300. The predicted octanol–water partition coefficient (Wildman–Crippen LogP) is 5.16. The summed E-state index contributed by atoms with van der Waals surface area (Å²) in [5.41, 5.74) is 3.23. The van der Waals surface area contributed by atoms with Crippen LogP contribution in [0.3, 0.4) is 0 Å². The van der Waals surface area contributed by atoms with Crippen molar-refractivity contribution in [3.05, 3.63) is 88.8 Å². The molecular weight excluding hydrogens is 444 g/mol. The van der Waals surface area contributed by atoms with Gasteiger partial charge in [-0.1, -0.05) is 19.9 Å². The summed E-state index contributed by atoms with van der Waals surface area (Å²) in [6, 6.07) is 13.2. The number of carbonyl (C=O) groups is 2. The van der Waals surface area contributed by atoms with Crippen molar-refractivity contribution in [3.63, 3.8) is 0 Å². The Hall–Kier alpha value is -4.13. The van der Waals surface area contributed by atoms with Gasteiger partial charge in [-0.05, 0) is 72.0 Å². The number of hydrogen-bond donors (Lipinski definition) is 1. The molecule has 0 bridgehead atoms. The van der Waals surface area contributed by atoms with E-state index in [1.54, 1.807) is 63.0 Å². The highest BCUT2D eigenvalue weighted by Crippen LogP contribution is 2.43. The number of benzene rings is 2. The fourth-order valence-corrected chi connectivity index (χ4v) is 4.42. The van der Waals surface area contributed by atoms with E-state index >= 15 is 0 Å². The molecule has 7 heteroatoms. The number of aryl methyl sites for hydroxylation is 1. The lowest BCUT2D eigenvalue weighted by atomic mass is 9.91. The summed E-state index contributed by atoms with van der Waals surface area (Å²) in [7, 11) is 3.16. The number of aromatic nitrogens is 1. The Morgan fingerprint density at radius 3 is 2.34 bits per heavy atom. The van der Waals surface area contributed by atoms with Crippen LogP contribution in [0.2, 0.25) is 0 Å². The molecule has 0 aliphatic carbocycles. The normalized spacial score (nSPS) is 17.2. The third-order valence-corrected chi connectivity index (χ3v) is 6.25. The summed E-state index contributed by atoms with van der Waals surface area (Å²) >= 11 is 0. The van der Waals surface area contributed by atoms with Crippen LogP contribution in [-0.4, -0.2) is 36.0 Å². The second kappa shape index (κ2) is 9.62. The first-order chi connectivity index (χ1) is 16.8. The lowest BCUT2D eigenvalue weighted by Crippen LogP contribution is -2.29. The Kier molecular flexibility index (Phi) is 6.60. The second-order valence-electron chi connectivity index (χ2n) is 8.72. The first kappa shape index (κ1) is 24.0. The van der Waals surface area contributed by atoms with Gasteiger partial charge in [0.1, 0.15) is 17.3 Å². The monoisotopic (exact) mass is 472 g/mol. The van der Waals surface area contributed by atoms with Crippen molar-refractivity contribution in [2.75, 3.05) is 19.1 Å². The van der Waals surface area contributed by atoms with Crippen LogP contribution in [0, 0.1) is 6.92 Å². The number of Topliss-reactive ketones (excluding diaryl/α,β-unsaturated/α-hetero) is 1. The van der Waals surface area contributed by atoms with E-state index in [0.29, 0.717) is 28.3 Å². The largest absolute Gasteiger partial charge is 0.507 e. The van der Waals surface area contributed by atoms with E-state index in [9.17, 15) is 14.7 Å². The minimum absolute atomic E-state index is 0.0155. The van der Waals surface area contributed by atoms with E-state index in [0.717, 1.165) is 11.1 Å². The van der Waals surface area contributed by atoms with E-state index in [-0.39, 0.29) is 17.3 Å². The molecule has 1 N–H and O–H groups in total. The lowest BCUT2D eigenvalue weighted by molar-refractivity contribution is -0.132. The van der Waals surface area contributed by atoms with Crippen LogP contribution in [0.5, 0.6) is 11.5 Å². The van der Waals surface area contributed by atoms with Gasteiger partial charge in [0.2, 0.25) is 0 Å². The van der Waals surface area contributed by atoms with Gasteiger partial charge >= 0.3 is 0 Å². The van der Waals surface area contributed by atoms with Gasteiger partial charge < -0.3 is 14.6 Å². The molecule has 180 valence electrons. The number of anilines is 1. The van der Waals surface area contributed by atoms with E-state index in [1.165, 1.54) is 4.90 Å².